The van der Waals surface area contributed by atoms with Crippen LogP contribution in [0.15, 0.2) is 58.5 Å². The molecule has 2 amide bonds. The van der Waals surface area contributed by atoms with Gasteiger partial charge in [0.05, 0.1) is 17.5 Å². The first-order valence-corrected chi connectivity index (χ1v) is 14.2. The van der Waals surface area contributed by atoms with E-state index in [1.807, 2.05) is 11.8 Å². The number of allylic oxidation sites excluding steroid dienone is 5. The van der Waals surface area contributed by atoms with Crippen molar-refractivity contribution >= 4 is 23.6 Å². The summed E-state index contributed by atoms with van der Waals surface area (Å²) in [6, 6.07) is 0. The number of nitrogens with one attached hydrogen (secondary N) is 1. The van der Waals surface area contributed by atoms with Crippen LogP contribution in [0.1, 0.15) is 47.0 Å². The summed E-state index contributed by atoms with van der Waals surface area (Å²) in [5.41, 5.74) is 6.66. The molecule has 2 heterocycles. The van der Waals surface area contributed by atoms with Gasteiger partial charge in [0.2, 0.25) is 11.6 Å². The maximum Gasteiger partial charge on any atom is 0.405 e. The number of alkyl halides is 1. The van der Waals surface area contributed by atoms with E-state index in [1.54, 1.807) is 39.0 Å². The van der Waals surface area contributed by atoms with Crippen LogP contribution < -0.4 is 11.1 Å². The van der Waals surface area contributed by atoms with E-state index in [1.165, 1.54) is 26.4 Å². The molecule has 2 aliphatic heterocycles. The van der Waals surface area contributed by atoms with Gasteiger partial charge in [0.25, 0.3) is 5.91 Å². The van der Waals surface area contributed by atoms with E-state index in [0.717, 1.165) is 6.42 Å². The van der Waals surface area contributed by atoms with Gasteiger partial charge in [0.15, 0.2) is 6.10 Å². The van der Waals surface area contributed by atoms with E-state index >= 15 is 4.39 Å². The Morgan fingerprint density at radius 3 is 2.38 bits per heavy atom. The minimum absolute atomic E-state index is 0.101. The number of carbonyl (C=O) groups is 4. The molecule has 1 aliphatic carbocycles. The summed E-state index contributed by atoms with van der Waals surface area (Å²) >= 11 is 0. The summed E-state index contributed by atoms with van der Waals surface area (Å²) in [4.78, 5) is 53.4. The van der Waals surface area contributed by atoms with E-state index in [0.29, 0.717) is 29.9 Å². The van der Waals surface area contributed by atoms with Crippen LogP contribution in [-0.4, -0.2) is 80.3 Å². The number of carbonyl (C=O) groups excluding carboxylic acids is 4. The lowest BCUT2D eigenvalue weighted by molar-refractivity contribution is -0.120. The van der Waals surface area contributed by atoms with Crippen molar-refractivity contribution in [1.29, 1.82) is 0 Å². The molecule has 0 aromatic heterocycles. The number of amides is 2. The lowest BCUT2D eigenvalue weighted by atomic mass is 9.84. The largest absolute Gasteiger partial charge is 0.439 e. The third kappa shape index (κ3) is 7.83. The second-order valence-electron chi connectivity index (χ2n) is 11.2. The topological polar surface area (TPSA) is 137 Å². The molecule has 0 saturated carbocycles. The highest BCUT2D eigenvalue weighted by atomic mass is 19.1. The molecule has 230 valence electrons. The van der Waals surface area contributed by atoms with Crippen molar-refractivity contribution in [2.75, 3.05) is 27.3 Å². The van der Waals surface area contributed by atoms with Crippen LogP contribution in [-0.2, 0) is 28.6 Å². The highest BCUT2D eigenvalue weighted by Crippen LogP contribution is 2.32. The third-order valence-electron chi connectivity index (χ3n) is 7.87. The summed E-state index contributed by atoms with van der Waals surface area (Å²) < 4.78 is 32.3. The summed E-state index contributed by atoms with van der Waals surface area (Å²) in [6.07, 6.45) is 3.79. The molecule has 3 aliphatic rings. The number of Topliss-reactive ketones (excluding diaryl/α,β-unsaturated/α-hetero) is 1. The van der Waals surface area contributed by atoms with Crippen LogP contribution in [0.4, 0.5) is 9.18 Å². The second kappa shape index (κ2) is 14.6. The Kier molecular flexibility index (Phi) is 11.4. The summed E-state index contributed by atoms with van der Waals surface area (Å²) in [5, 5.41) is 2.59. The van der Waals surface area contributed by atoms with Crippen LogP contribution in [0.2, 0.25) is 0 Å². The molecule has 3 N–H and O–H groups in total. The Morgan fingerprint density at radius 2 is 1.81 bits per heavy atom. The molecular weight excluding hydrogens is 545 g/mol. The fourth-order valence-electron chi connectivity index (χ4n) is 5.43. The Bertz CT molecular complexity index is 1230. The van der Waals surface area contributed by atoms with Crippen LogP contribution in [0.5, 0.6) is 0 Å². The fraction of sp³-hybridized carbons (Fsp3) is 0.548. The molecule has 42 heavy (non-hydrogen) atoms. The van der Waals surface area contributed by atoms with Crippen molar-refractivity contribution in [2.45, 2.75) is 71.4 Å². The normalized spacial score (nSPS) is 33.5. The van der Waals surface area contributed by atoms with Crippen LogP contribution in [0, 0.1) is 11.8 Å². The van der Waals surface area contributed by atoms with E-state index in [4.69, 9.17) is 19.9 Å². The molecule has 1 saturated heterocycles. The number of fused-ring (bicyclic) bond motifs is 2. The standard InChI is InChI=1S/C31H42FN3O7/c1-17-13-21-27(35-11-8-12-35)23(36)16-22(28(21)37)34-30(38)18(2)9-7-10-24(40-5)29(42-31(33)39)20(4)15-19(3)26(32)25(14-17)41-6/h7,9-10,15-17,19,24-26,29H,8,11-14H2,1-6H3,(H2,33,39)(H,34,38)/b10-7+,18-9-,20-15+/t17-,19+,24+,25+,26+,29+/m1/s1. The zero-order chi connectivity index (χ0) is 31.1. The van der Waals surface area contributed by atoms with Crippen LogP contribution in [0.3, 0.4) is 0 Å². The van der Waals surface area contributed by atoms with Gasteiger partial charge < -0.3 is 30.2 Å². The fourth-order valence-corrected chi connectivity index (χ4v) is 5.43. The Morgan fingerprint density at radius 1 is 1.12 bits per heavy atom. The van der Waals surface area contributed by atoms with Gasteiger partial charge in [-0.15, -0.1) is 0 Å². The first-order valence-electron chi connectivity index (χ1n) is 14.2. The molecule has 0 aromatic rings. The molecule has 0 spiro atoms. The summed E-state index contributed by atoms with van der Waals surface area (Å²) in [6.45, 7) is 8.14. The molecule has 3 rings (SSSR count). The minimum Gasteiger partial charge on any atom is -0.439 e. The molecule has 0 unspecified atom stereocenters. The average Bonchev–Trinajstić information content (AvgIpc) is 2.90. The Balaban J connectivity index is 2.07. The predicted octanol–water partition coefficient (Wildman–Crippen LogP) is 3.44. The number of primary amides is 1. The van der Waals surface area contributed by atoms with Gasteiger partial charge in [-0.2, -0.15) is 0 Å². The van der Waals surface area contributed by atoms with Crippen molar-refractivity contribution in [3.05, 3.63) is 58.5 Å². The van der Waals surface area contributed by atoms with E-state index in [2.05, 4.69) is 5.32 Å². The molecule has 1 fully saturated rings. The number of hydrogen-bond acceptors (Lipinski definition) is 8. The number of likely N-dealkylation sites (tertiary alicyclic amines) is 1. The van der Waals surface area contributed by atoms with Crippen molar-refractivity contribution < 1.29 is 37.8 Å². The smallest absolute Gasteiger partial charge is 0.405 e. The van der Waals surface area contributed by atoms with Crippen molar-refractivity contribution in [1.82, 2.24) is 10.2 Å². The van der Waals surface area contributed by atoms with Crippen LogP contribution in [0.25, 0.3) is 0 Å². The monoisotopic (exact) mass is 587 g/mol. The Hall–Kier alpha value is -3.57. The third-order valence-corrected chi connectivity index (χ3v) is 7.87. The number of hydrogen-bond donors (Lipinski definition) is 2. The van der Waals surface area contributed by atoms with E-state index in [9.17, 15) is 19.2 Å². The average molecular weight is 588 g/mol. The van der Waals surface area contributed by atoms with Crippen molar-refractivity contribution in [3.8, 4) is 0 Å². The molecule has 2 bridgehead atoms. The van der Waals surface area contributed by atoms with E-state index in [-0.39, 0.29) is 35.8 Å². The zero-order valence-corrected chi connectivity index (χ0v) is 25.1. The number of nitrogens with two attached hydrogens (primary N) is 1. The lowest BCUT2D eigenvalue weighted by Crippen LogP contribution is -2.43. The SMILES string of the molecule is CO[C@H]1/C=C/C=C(/C)C(=O)NC2=CC(=O)C(N3CCC3)=C(C[C@@H](C)C[C@H](OC)[C@@H](F)[C@@H](C)/C=C(\C)[C@@H]1OC(N)=O)C2=O. The van der Waals surface area contributed by atoms with Crippen LogP contribution >= 0.6 is 0 Å². The van der Waals surface area contributed by atoms with Crippen molar-refractivity contribution in [3.63, 3.8) is 0 Å². The first kappa shape index (κ1) is 32.9. The second-order valence-corrected chi connectivity index (χ2v) is 11.2. The van der Waals surface area contributed by atoms with Gasteiger partial charge in [0.1, 0.15) is 12.3 Å². The van der Waals surface area contributed by atoms with Gasteiger partial charge in [-0.25, -0.2) is 9.18 Å². The number of halogens is 1. The Labute approximate surface area is 246 Å². The highest BCUT2D eigenvalue weighted by molar-refractivity contribution is 6.23. The molecular formula is C31H42FN3O7. The maximum absolute atomic E-state index is 15.8. The zero-order valence-electron chi connectivity index (χ0n) is 25.1. The predicted molar refractivity (Wildman–Crippen MR) is 155 cm³/mol. The van der Waals surface area contributed by atoms with Gasteiger partial charge in [0, 0.05) is 50.4 Å². The number of rotatable bonds is 4. The van der Waals surface area contributed by atoms with Gasteiger partial charge in [-0.3, -0.25) is 14.4 Å². The minimum atomic E-state index is -1.44. The summed E-state index contributed by atoms with van der Waals surface area (Å²) in [7, 11) is 2.85. The molecule has 11 heteroatoms. The van der Waals surface area contributed by atoms with E-state index < -0.39 is 48.2 Å². The molecule has 0 radical (unpaired) electrons. The number of nitrogens with zero attached hydrogens (tertiary/aromatic N) is 1. The number of ether oxygens (including phenoxy) is 3. The number of ketones is 2. The lowest BCUT2D eigenvalue weighted by Gasteiger charge is -2.37. The summed E-state index contributed by atoms with van der Waals surface area (Å²) in [5.74, 6) is -2.21. The van der Waals surface area contributed by atoms with Crippen molar-refractivity contribution in [2.24, 2.45) is 17.6 Å². The first-order chi connectivity index (χ1) is 19.9. The van der Waals surface area contributed by atoms with Gasteiger partial charge >= 0.3 is 6.09 Å². The highest BCUT2D eigenvalue weighted by Gasteiger charge is 2.36. The molecule has 0 aromatic carbocycles. The molecule has 10 nitrogen and oxygen atoms in total. The molecule has 6 atom stereocenters. The van der Waals surface area contributed by atoms with Gasteiger partial charge in [-0.05, 0) is 44.6 Å². The quantitative estimate of drug-likeness (QED) is 0.377. The number of methoxy groups -OCH3 is 2. The maximum atomic E-state index is 15.8. The van der Waals surface area contributed by atoms with Gasteiger partial charge in [-0.1, -0.05) is 38.2 Å².